The molecule has 0 radical (unpaired) electrons. The summed E-state index contributed by atoms with van der Waals surface area (Å²) in [7, 11) is 1.58. The SMILES string of the molecule is COc1ccccc1CC(=O)N[C@@H](C)CC(=O)c1ccccc1. The van der Waals surface area contributed by atoms with Crippen molar-refractivity contribution in [3.05, 3.63) is 65.7 Å². The Hall–Kier alpha value is -2.62. The molecule has 0 aliphatic rings. The number of Topliss-reactive ketones (excluding diaryl/α,β-unsaturated/α-hetero) is 1. The van der Waals surface area contributed by atoms with Gasteiger partial charge in [0.05, 0.1) is 13.5 Å². The van der Waals surface area contributed by atoms with Gasteiger partial charge in [-0.2, -0.15) is 0 Å². The monoisotopic (exact) mass is 311 g/mol. The summed E-state index contributed by atoms with van der Waals surface area (Å²) in [5, 5.41) is 2.87. The molecule has 4 nitrogen and oxygen atoms in total. The maximum Gasteiger partial charge on any atom is 0.224 e. The molecular weight excluding hydrogens is 290 g/mol. The number of carbonyl (C=O) groups excluding carboxylic acids is 2. The summed E-state index contributed by atoms with van der Waals surface area (Å²) in [6.45, 7) is 1.83. The number of ketones is 1. The first-order chi connectivity index (χ1) is 11.1. The molecule has 0 spiro atoms. The number of carbonyl (C=O) groups is 2. The highest BCUT2D eigenvalue weighted by Crippen LogP contribution is 2.17. The van der Waals surface area contributed by atoms with Crippen molar-refractivity contribution in [1.29, 1.82) is 0 Å². The average molecular weight is 311 g/mol. The Balaban J connectivity index is 1.88. The van der Waals surface area contributed by atoms with Gasteiger partial charge in [0.25, 0.3) is 0 Å². The molecule has 0 aliphatic carbocycles. The molecule has 2 rings (SSSR count). The second-order valence-electron chi connectivity index (χ2n) is 5.45. The van der Waals surface area contributed by atoms with Crippen LogP contribution < -0.4 is 10.1 Å². The third-order valence-electron chi connectivity index (χ3n) is 3.54. The van der Waals surface area contributed by atoms with Crippen LogP contribution in [0.1, 0.15) is 29.3 Å². The van der Waals surface area contributed by atoms with Gasteiger partial charge in [-0.15, -0.1) is 0 Å². The van der Waals surface area contributed by atoms with Gasteiger partial charge < -0.3 is 10.1 Å². The molecule has 23 heavy (non-hydrogen) atoms. The highest BCUT2D eigenvalue weighted by atomic mass is 16.5. The van der Waals surface area contributed by atoms with Crippen molar-refractivity contribution < 1.29 is 14.3 Å². The van der Waals surface area contributed by atoms with E-state index in [2.05, 4.69) is 5.32 Å². The molecule has 1 N–H and O–H groups in total. The van der Waals surface area contributed by atoms with E-state index in [4.69, 9.17) is 4.74 Å². The van der Waals surface area contributed by atoms with Crippen LogP contribution >= 0.6 is 0 Å². The molecule has 0 bridgehead atoms. The number of nitrogens with one attached hydrogen (secondary N) is 1. The van der Waals surface area contributed by atoms with Gasteiger partial charge in [0.15, 0.2) is 5.78 Å². The van der Waals surface area contributed by atoms with Crippen molar-refractivity contribution in [3.63, 3.8) is 0 Å². The maximum absolute atomic E-state index is 12.1. The molecule has 1 amide bonds. The van der Waals surface area contributed by atoms with E-state index in [0.717, 1.165) is 5.56 Å². The van der Waals surface area contributed by atoms with E-state index in [-0.39, 0.29) is 30.6 Å². The predicted octanol–water partition coefficient (Wildman–Crippen LogP) is 3.02. The standard InChI is InChI=1S/C19H21NO3/c1-14(12-17(21)15-8-4-3-5-9-15)20-19(22)13-16-10-6-7-11-18(16)23-2/h3-11,14H,12-13H2,1-2H3,(H,20,22)/t14-/m0/s1. The Morgan fingerprint density at radius 1 is 1.04 bits per heavy atom. The van der Waals surface area contributed by atoms with Crippen molar-refractivity contribution in [2.24, 2.45) is 0 Å². The summed E-state index contributed by atoms with van der Waals surface area (Å²) in [5.41, 5.74) is 1.49. The number of para-hydroxylation sites is 1. The van der Waals surface area contributed by atoms with Crippen molar-refractivity contribution in [2.45, 2.75) is 25.8 Å². The number of methoxy groups -OCH3 is 1. The molecule has 4 heteroatoms. The Bertz CT molecular complexity index is 667. The molecule has 120 valence electrons. The van der Waals surface area contributed by atoms with Crippen molar-refractivity contribution >= 4 is 11.7 Å². The lowest BCUT2D eigenvalue weighted by atomic mass is 10.0. The maximum atomic E-state index is 12.1. The van der Waals surface area contributed by atoms with E-state index in [1.165, 1.54) is 0 Å². The number of amides is 1. The summed E-state index contributed by atoms with van der Waals surface area (Å²) in [4.78, 5) is 24.3. The number of rotatable bonds is 7. The molecule has 0 saturated carbocycles. The van der Waals surface area contributed by atoms with Crippen LogP contribution in [-0.2, 0) is 11.2 Å². The Morgan fingerprint density at radius 2 is 1.70 bits per heavy atom. The number of hydrogen-bond donors (Lipinski definition) is 1. The molecule has 0 heterocycles. The van der Waals surface area contributed by atoms with Crippen LogP contribution in [0, 0.1) is 0 Å². The van der Waals surface area contributed by atoms with Gasteiger partial charge in [-0.25, -0.2) is 0 Å². The topological polar surface area (TPSA) is 55.4 Å². The highest BCUT2D eigenvalue weighted by Gasteiger charge is 2.14. The first-order valence-electron chi connectivity index (χ1n) is 7.59. The summed E-state index contributed by atoms with van der Waals surface area (Å²) >= 11 is 0. The summed E-state index contributed by atoms with van der Waals surface area (Å²) in [6, 6.07) is 16.3. The van der Waals surface area contributed by atoms with Gasteiger partial charge in [-0.1, -0.05) is 48.5 Å². The molecule has 0 aliphatic heterocycles. The van der Waals surface area contributed by atoms with E-state index in [1.807, 2.05) is 49.4 Å². The molecule has 0 aromatic heterocycles. The first-order valence-corrected chi connectivity index (χ1v) is 7.59. The number of hydrogen-bond acceptors (Lipinski definition) is 3. The van der Waals surface area contributed by atoms with Crippen molar-refractivity contribution in [2.75, 3.05) is 7.11 Å². The third-order valence-corrected chi connectivity index (χ3v) is 3.54. The highest BCUT2D eigenvalue weighted by molar-refractivity contribution is 5.96. The third kappa shape index (κ3) is 4.95. The lowest BCUT2D eigenvalue weighted by Gasteiger charge is -2.14. The minimum Gasteiger partial charge on any atom is -0.496 e. The van der Waals surface area contributed by atoms with E-state index < -0.39 is 0 Å². The molecular formula is C19H21NO3. The largest absolute Gasteiger partial charge is 0.496 e. The van der Waals surface area contributed by atoms with Crippen molar-refractivity contribution in [3.8, 4) is 5.75 Å². The minimum atomic E-state index is -0.218. The molecule has 2 aromatic rings. The summed E-state index contributed by atoms with van der Waals surface area (Å²) in [6.07, 6.45) is 0.509. The van der Waals surface area contributed by atoms with E-state index in [9.17, 15) is 9.59 Å². The Morgan fingerprint density at radius 3 is 2.39 bits per heavy atom. The summed E-state index contributed by atoms with van der Waals surface area (Å²) < 4.78 is 5.24. The van der Waals surface area contributed by atoms with Crippen LogP contribution in [0.4, 0.5) is 0 Å². The predicted molar refractivity (Wildman–Crippen MR) is 89.7 cm³/mol. The number of ether oxygens (including phenoxy) is 1. The lowest BCUT2D eigenvalue weighted by molar-refractivity contribution is -0.121. The normalized spacial score (nSPS) is 11.6. The average Bonchev–Trinajstić information content (AvgIpc) is 2.55. The fourth-order valence-electron chi connectivity index (χ4n) is 2.42. The fourth-order valence-corrected chi connectivity index (χ4v) is 2.42. The van der Waals surface area contributed by atoms with Gasteiger partial charge in [-0.3, -0.25) is 9.59 Å². The van der Waals surface area contributed by atoms with Crippen LogP contribution in [0.15, 0.2) is 54.6 Å². The molecule has 0 saturated heterocycles. The molecule has 2 aromatic carbocycles. The zero-order valence-electron chi connectivity index (χ0n) is 13.4. The van der Waals surface area contributed by atoms with Crippen LogP contribution in [0.25, 0.3) is 0 Å². The lowest BCUT2D eigenvalue weighted by Crippen LogP contribution is -2.35. The Kier molecular flexibility index (Phi) is 5.92. The van der Waals surface area contributed by atoms with E-state index >= 15 is 0 Å². The second-order valence-corrected chi connectivity index (χ2v) is 5.45. The smallest absolute Gasteiger partial charge is 0.224 e. The quantitative estimate of drug-likeness (QED) is 0.800. The van der Waals surface area contributed by atoms with Crippen LogP contribution in [0.2, 0.25) is 0 Å². The first kappa shape index (κ1) is 16.7. The molecule has 0 fully saturated rings. The van der Waals surface area contributed by atoms with Crippen molar-refractivity contribution in [1.82, 2.24) is 5.32 Å². The van der Waals surface area contributed by atoms with Gasteiger partial charge in [-0.05, 0) is 13.0 Å². The second kappa shape index (κ2) is 8.13. The van der Waals surface area contributed by atoms with Gasteiger partial charge in [0.2, 0.25) is 5.91 Å². The number of benzene rings is 2. The Labute approximate surface area is 136 Å². The fraction of sp³-hybridized carbons (Fsp3) is 0.263. The zero-order valence-corrected chi connectivity index (χ0v) is 13.4. The van der Waals surface area contributed by atoms with E-state index in [1.54, 1.807) is 19.2 Å². The van der Waals surface area contributed by atoms with Crippen LogP contribution in [0.5, 0.6) is 5.75 Å². The summed E-state index contributed by atoms with van der Waals surface area (Å²) in [5.74, 6) is 0.592. The zero-order chi connectivity index (χ0) is 16.7. The minimum absolute atomic E-state index is 0.0238. The van der Waals surface area contributed by atoms with Crippen LogP contribution in [-0.4, -0.2) is 24.8 Å². The van der Waals surface area contributed by atoms with Gasteiger partial charge >= 0.3 is 0 Å². The molecule has 0 unspecified atom stereocenters. The van der Waals surface area contributed by atoms with Crippen LogP contribution in [0.3, 0.4) is 0 Å². The van der Waals surface area contributed by atoms with Gasteiger partial charge in [0.1, 0.15) is 5.75 Å². The molecule has 1 atom stereocenters. The van der Waals surface area contributed by atoms with E-state index in [0.29, 0.717) is 11.3 Å². The van der Waals surface area contributed by atoms with Gasteiger partial charge in [0, 0.05) is 23.6 Å².